The zero-order chi connectivity index (χ0) is 32.7. The van der Waals surface area contributed by atoms with Crippen LogP contribution in [-0.4, -0.2) is 15.1 Å². The number of aryl methyl sites for hydroxylation is 4. The maximum absolute atomic E-state index is 5.92. The predicted octanol–water partition coefficient (Wildman–Crippen LogP) is 13.3. The van der Waals surface area contributed by atoms with Crippen molar-refractivity contribution >= 4 is 22.8 Å². The van der Waals surface area contributed by atoms with Gasteiger partial charge in [0.25, 0.3) is 0 Å². The molecule has 0 fully saturated rings. The average molecular weight is 660 g/mol. The maximum atomic E-state index is 5.92. The minimum absolute atomic E-state index is 0.983. The second-order valence-electron chi connectivity index (χ2n) is 13.2. The standard InChI is InChI=1S/C42H68N2.Ni/c1-7-13-19-23-35-29-31-39(33-37(35)25-21-15-9-3)43-41(27-17-11-5)42(28-18-12-6)44-40-32-30-36(24-20-14-8-2)38(34-40)26-22-16-10-4;/h29-34H,7-28H2,1-6H3;/q;+1. The Morgan fingerprint density at radius 3 is 1.47 bits per heavy atom. The van der Waals surface area contributed by atoms with E-state index in [0.717, 1.165) is 57.1 Å². The second kappa shape index (κ2) is 24.4. The molecule has 0 spiro atoms. The summed E-state index contributed by atoms with van der Waals surface area (Å²) in [6.07, 6.45) is 26.6. The van der Waals surface area contributed by atoms with Crippen LogP contribution < -0.4 is 0 Å². The van der Waals surface area contributed by atoms with Crippen LogP contribution in [0.4, 0.5) is 11.4 Å². The van der Waals surface area contributed by atoms with Crippen LogP contribution in [-0.2, 0) is 41.4 Å². The molecule has 0 aliphatic rings. The number of aliphatic imine (C=N–C) groups is 1. The molecule has 2 aromatic rings. The van der Waals surface area contributed by atoms with Crippen LogP contribution in [0, 0.1) is 0 Å². The van der Waals surface area contributed by atoms with E-state index in [1.54, 1.807) is 0 Å². The molecule has 2 nitrogen and oxygen atoms in total. The van der Waals surface area contributed by atoms with E-state index < -0.39 is 0 Å². The number of hydrogen-bond donors (Lipinski definition) is 0. The van der Waals surface area contributed by atoms with Crippen LogP contribution in [0.25, 0.3) is 0 Å². The summed E-state index contributed by atoms with van der Waals surface area (Å²) in [4.78, 5) is 5.45. The Kier molecular flexibility index (Phi) is 21.4. The van der Waals surface area contributed by atoms with Crippen molar-refractivity contribution in [1.29, 1.82) is 0 Å². The van der Waals surface area contributed by atoms with Gasteiger partial charge in [-0.15, -0.1) is 0 Å². The van der Waals surface area contributed by atoms with Crippen molar-refractivity contribution in [1.82, 2.24) is 0 Å². The van der Waals surface area contributed by atoms with Crippen molar-refractivity contribution in [3.05, 3.63) is 58.7 Å². The molecule has 0 radical (unpaired) electrons. The molecule has 0 saturated carbocycles. The Hall–Kier alpha value is -1.73. The summed E-state index contributed by atoms with van der Waals surface area (Å²) in [5.74, 6) is 0. The molecule has 0 amide bonds. The number of benzene rings is 2. The molecule has 0 aromatic heterocycles. The zero-order valence-corrected chi connectivity index (χ0v) is 31.2. The molecular formula is C42H68N2Ni+. The van der Waals surface area contributed by atoms with Crippen LogP contribution in [0.15, 0.2) is 41.4 Å². The summed E-state index contributed by atoms with van der Waals surface area (Å²) < 4.78 is 2.13. The summed E-state index contributed by atoms with van der Waals surface area (Å²) in [6, 6.07) is 14.2. The molecule has 0 aliphatic heterocycles. The molecule has 45 heavy (non-hydrogen) atoms. The van der Waals surface area contributed by atoms with E-state index in [0.29, 0.717) is 0 Å². The van der Waals surface area contributed by atoms with Gasteiger partial charge in [0.1, 0.15) is 0 Å². The first-order valence-electron chi connectivity index (χ1n) is 19.1. The first kappa shape index (κ1) is 39.5. The first-order chi connectivity index (χ1) is 22.0. The molecule has 255 valence electrons. The Balaban J connectivity index is 2.59. The van der Waals surface area contributed by atoms with Gasteiger partial charge in [-0.05, 0) is 0 Å². The first-order valence-corrected chi connectivity index (χ1v) is 19.6. The topological polar surface area (TPSA) is 15.4 Å². The third kappa shape index (κ3) is 14.7. The molecule has 0 aliphatic carbocycles. The molecule has 0 saturated heterocycles. The normalized spacial score (nSPS) is 12.6. The minimum atomic E-state index is 0.983. The number of rotatable bonds is 25. The van der Waals surface area contributed by atoms with Crippen LogP contribution in [0.3, 0.4) is 0 Å². The zero-order valence-electron chi connectivity index (χ0n) is 30.2. The third-order valence-corrected chi connectivity index (χ3v) is 9.66. The third-order valence-electron chi connectivity index (χ3n) is 9.14. The van der Waals surface area contributed by atoms with E-state index in [-0.39, 0.29) is 0 Å². The summed E-state index contributed by atoms with van der Waals surface area (Å²) >= 11 is 5.92. The van der Waals surface area contributed by atoms with Gasteiger partial charge in [0, 0.05) is 0 Å². The Morgan fingerprint density at radius 1 is 0.511 bits per heavy atom. The molecule has 0 bridgehead atoms. The number of nitrogens with zero attached hydrogens (tertiary/aromatic N) is 2. The van der Waals surface area contributed by atoms with Crippen LogP contribution in [0.1, 0.15) is 179 Å². The van der Waals surface area contributed by atoms with Crippen molar-refractivity contribution in [3.63, 3.8) is 0 Å². The fourth-order valence-corrected chi connectivity index (χ4v) is 6.60. The van der Waals surface area contributed by atoms with E-state index in [9.17, 15) is 0 Å². The molecule has 3 heteroatoms. The van der Waals surface area contributed by atoms with Gasteiger partial charge in [-0.2, -0.15) is 0 Å². The van der Waals surface area contributed by atoms with Gasteiger partial charge in [-0.3, -0.25) is 0 Å². The molecule has 0 atom stereocenters. The van der Waals surface area contributed by atoms with Gasteiger partial charge in [0.15, 0.2) is 0 Å². The summed E-state index contributed by atoms with van der Waals surface area (Å²) in [5.41, 5.74) is 10.8. The summed E-state index contributed by atoms with van der Waals surface area (Å²) in [6.45, 7) is 13.8. The Labute approximate surface area is 287 Å². The van der Waals surface area contributed by atoms with Gasteiger partial charge in [-0.1, -0.05) is 6.92 Å². The second-order valence-corrected chi connectivity index (χ2v) is 13.6. The van der Waals surface area contributed by atoms with Gasteiger partial charge in [-0.25, -0.2) is 0 Å². The average Bonchev–Trinajstić information content (AvgIpc) is 3.05. The summed E-state index contributed by atoms with van der Waals surface area (Å²) in [5, 5.41) is 0. The van der Waals surface area contributed by atoms with Crippen LogP contribution >= 0.6 is 0 Å². The van der Waals surface area contributed by atoms with Crippen LogP contribution in [0.5, 0.6) is 0 Å². The van der Waals surface area contributed by atoms with Crippen LogP contribution in [0.2, 0.25) is 0 Å². The van der Waals surface area contributed by atoms with Crippen molar-refractivity contribution in [2.45, 2.75) is 183 Å². The quantitative estimate of drug-likeness (QED) is 0.0573. The van der Waals surface area contributed by atoms with Gasteiger partial charge >= 0.3 is 282 Å². The fourth-order valence-electron chi connectivity index (χ4n) is 6.23. The van der Waals surface area contributed by atoms with E-state index in [1.807, 2.05) is 0 Å². The van der Waals surface area contributed by atoms with E-state index in [1.165, 1.54) is 129 Å². The van der Waals surface area contributed by atoms with Gasteiger partial charge < -0.3 is 0 Å². The van der Waals surface area contributed by atoms with Crippen molar-refractivity contribution in [2.24, 2.45) is 4.99 Å². The van der Waals surface area contributed by atoms with Crippen molar-refractivity contribution in [3.8, 4) is 0 Å². The Bertz CT molecular complexity index is 1150. The molecule has 2 rings (SSSR count). The van der Waals surface area contributed by atoms with E-state index in [2.05, 4.69) is 81.6 Å². The van der Waals surface area contributed by atoms with Crippen molar-refractivity contribution < 1.29 is 19.3 Å². The molecule has 0 N–H and O–H groups in total. The fraction of sp³-hybridized carbons (Fsp3) is 0.667. The number of unbranched alkanes of at least 4 members (excludes halogenated alkanes) is 10. The molecule has 2 aromatic carbocycles. The van der Waals surface area contributed by atoms with E-state index in [4.69, 9.17) is 20.7 Å². The monoisotopic (exact) mass is 658 g/mol. The van der Waals surface area contributed by atoms with Crippen molar-refractivity contribution in [2.75, 3.05) is 0 Å². The number of hydrogen-bond acceptors (Lipinski definition) is 1. The van der Waals surface area contributed by atoms with E-state index >= 15 is 0 Å². The van der Waals surface area contributed by atoms with Gasteiger partial charge in [0.2, 0.25) is 0 Å². The van der Waals surface area contributed by atoms with Gasteiger partial charge in [0.05, 0.1) is 0 Å². The SMILES string of the molecule is CCCCCc1ccc(N=C(CCCC)C(CCCC)=[N+]([Ni])c2ccc(CCCCC)c(CCCCC)c2)cc1CCCCC. The Morgan fingerprint density at radius 2 is 0.956 bits per heavy atom. The summed E-state index contributed by atoms with van der Waals surface area (Å²) in [7, 11) is 0. The predicted molar refractivity (Wildman–Crippen MR) is 197 cm³/mol. The molecular weight excluding hydrogens is 591 g/mol. The molecule has 0 unspecified atom stereocenters. The molecule has 0 heterocycles.